The van der Waals surface area contributed by atoms with E-state index in [-0.39, 0.29) is 17.7 Å². The van der Waals surface area contributed by atoms with E-state index in [1.165, 1.54) is 11.3 Å². The van der Waals surface area contributed by atoms with Gasteiger partial charge in [-0.15, -0.1) is 10.2 Å². The standard InChI is InChI=1S/C26H23N5O4S/c1-35-21-9-5-8-19(16-21)23(32)27-15-14-22-30-31-26(36-22)29-25(34)18-10-12-20(13-11-18)28-24(33)17-6-3-2-4-7-17/h2-13,16H,14-15H2,1H3,(H,27,32)(H,28,33)(H,29,31,34). The van der Waals surface area contributed by atoms with Gasteiger partial charge in [-0.1, -0.05) is 35.6 Å². The third kappa shape index (κ3) is 6.51. The van der Waals surface area contributed by atoms with Crippen LogP contribution >= 0.6 is 11.3 Å². The molecule has 9 nitrogen and oxygen atoms in total. The van der Waals surface area contributed by atoms with Gasteiger partial charge in [0.1, 0.15) is 10.8 Å². The lowest BCUT2D eigenvalue weighted by Gasteiger charge is -2.06. The summed E-state index contributed by atoms with van der Waals surface area (Å²) in [6.45, 7) is 0.370. The number of nitrogens with zero attached hydrogens (tertiary/aromatic N) is 2. The average molecular weight is 502 g/mol. The molecule has 3 amide bonds. The number of nitrogens with one attached hydrogen (secondary N) is 3. The molecule has 10 heteroatoms. The molecule has 0 saturated carbocycles. The maximum atomic E-state index is 12.6. The van der Waals surface area contributed by atoms with Gasteiger partial charge in [-0.25, -0.2) is 0 Å². The van der Waals surface area contributed by atoms with E-state index in [1.54, 1.807) is 79.9 Å². The normalized spacial score (nSPS) is 10.4. The monoisotopic (exact) mass is 501 g/mol. The molecule has 0 atom stereocenters. The zero-order valence-corrected chi connectivity index (χ0v) is 20.2. The first-order chi connectivity index (χ1) is 17.5. The van der Waals surface area contributed by atoms with E-state index in [4.69, 9.17) is 4.74 Å². The molecule has 4 aromatic rings. The number of benzene rings is 3. The maximum Gasteiger partial charge on any atom is 0.257 e. The summed E-state index contributed by atoms with van der Waals surface area (Å²) in [4.78, 5) is 37.1. The van der Waals surface area contributed by atoms with Crippen molar-refractivity contribution in [2.45, 2.75) is 6.42 Å². The summed E-state index contributed by atoms with van der Waals surface area (Å²) < 4.78 is 5.14. The maximum absolute atomic E-state index is 12.6. The van der Waals surface area contributed by atoms with E-state index in [0.717, 1.165) is 0 Å². The zero-order valence-electron chi connectivity index (χ0n) is 19.4. The lowest BCUT2D eigenvalue weighted by atomic mass is 10.1. The van der Waals surface area contributed by atoms with E-state index in [9.17, 15) is 14.4 Å². The Labute approximate surface area is 211 Å². The molecule has 3 N–H and O–H groups in total. The quantitative estimate of drug-likeness (QED) is 0.318. The van der Waals surface area contributed by atoms with Crippen LogP contribution in [0.4, 0.5) is 10.8 Å². The molecule has 0 spiro atoms. The van der Waals surface area contributed by atoms with Crippen molar-refractivity contribution in [3.8, 4) is 5.75 Å². The summed E-state index contributed by atoms with van der Waals surface area (Å²) in [5.74, 6) is -0.173. The van der Waals surface area contributed by atoms with Crippen molar-refractivity contribution in [3.05, 3.63) is 101 Å². The van der Waals surface area contributed by atoms with Gasteiger partial charge in [0.2, 0.25) is 5.13 Å². The minimum absolute atomic E-state index is 0.213. The molecule has 0 bridgehead atoms. The van der Waals surface area contributed by atoms with Crippen molar-refractivity contribution in [3.63, 3.8) is 0 Å². The number of ether oxygens (including phenoxy) is 1. The average Bonchev–Trinajstić information content (AvgIpc) is 3.36. The van der Waals surface area contributed by atoms with Crippen LogP contribution in [0.25, 0.3) is 0 Å². The van der Waals surface area contributed by atoms with Crippen molar-refractivity contribution in [2.75, 3.05) is 24.3 Å². The second kappa shape index (κ2) is 11.7. The summed E-state index contributed by atoms with van der Waals surface area (Å²) >= 11 is 1.24. The number of amides is 3. The van der Waals surface area contributed by atoms with Gasteiger partial charge in [0.05, 0.1) is 7.11 Å². The predicted molar refractivity (Wildman–Crippen MR) is 138 cm³/mol. The first kappa shape index (κ1) is 24.6. The van der Waals surface area contributed by atoms with Gasteiger partial charge in [-0.3, -0.25) is 19.7 Å². The van der Waals surface area contributed by atoms with Crippen LogP contribution in [-0.4, -0.2) is 41.6 Å². The summed E-state index contributed by atoms with van der Waals surface area (Å²) in [7, 11) is 1.55. The Morgan fingerprint density at radius 3 is 2.22 bits per heavy atom. The summed E-state index contributed by atoms with van der Waals surface area (Å²) in [6.07, 6.45) is 0.471. The fraction of sp³-hybridized carbons (Fsp3) is 0.115. The Morgan fingerprint density at radius 1 is 0.778 bits per heavy atom. The van der Waals surface area contributed by atoms with Crippen molar-refractivity contribution in [1.82, 2.24) is 15.5 Å². The molecule has 1 heterocycles. The molecule has 0 fully saturated rings. The third-order valence-electron chi connectivity index (χ3n) is 5.08. The van der Waals surface area contributed by atoms with E-state index >= 15 is 0 Å². The van der Waals surface area contributed by atoms with Gasteiger partial charge >= 0.3 is 0 Å². The highest BCUT2D eigenvalue weighted by Crippen LogP contribution is 2.18. The fourth-order valence-corrected chi connectivity index (χ4v) is 3.96. The van der Waals surface area contributed by atoms with E-state index < -0.39 is 0 Å². The van der Waals surface area contributed by atoms with Crippen LogP contribution in [0.3, 0.4) is 0 Å². The summed E-state index contributed by atoms with van der Waals surface area (Å²) in [6, 6.07) is 22.3. The number of aromatic nitrogens is 2. The Kier molecular flexibility index (Phi) is 7.99. The Morgan fingerprint density at radius 2 is 1.47 bits per heavy atom. The predicted octanol–water partition coefficient (Wildman–Crippen LogP) is 4.02. The smallest absolute Gasteiger partial charge is 0.257 e. The SMILES string of the molecule is COc1cccc(C(=O)NCCc2nnc(NC(=O)c3ccc(NC(=O)c4ccccc4)cc3)s2)c1. The first-order valence-electron chi connectivity index (χ1n) is 11.0. The number of rotatable bonds is 9. The van der Waals surface area contributed by atoms with Crippen LogP contribution in [0.5, 0.6) is 5.75 Å². The molecular weight excluding hydrogens is 478 g/mol. The zero-order chi connectivity index (χ0) is 25.3. The van der Waals surface area contributed by atoms with Crippen LogP contribution in [-0.2, 0) is 6.42 Å². The Bertz CT molecular complexity index is 1360. The summed E-state index contributed by atoms with van der Waals surface area (Å²) in [5, 5.41) is 17.4. The van der Waals surface area contributed by atoms with Gasteiger partial charge < -0.3 is 15.4 Å². The number of methoxy groups -OCH3 is 1. The minimum Gasteiger partial charge on any atom is -0.497 e. The Balaban J connectivity index is 1.25. The van der Waals surface area contributed by atoms with Crippen molar-refractivity contribution < 1.29 is 19.1 Å². The van der Waals surface area contributed by atoms with Crippen molar-refractivity contribution in [2.24, 2.45) is 0 Å². The molecule has 182 valence electrons. The molecule has 36 heavy (non-hydrogen) atoms. The molecule has 0 radical (unpaired) electrons. The minimum atomic E-state index is -0.343. The number of carbonyl (C=O) groups excluding carboxylic acids is 3. The van der Waals surface area contributed by atoms with Crippen molar-refractivity contribution in [1.29, 1.82) is 0 Å². The molecule has 3 aromatic carbocycles. The second-order valence-corrected chi connectivity index (χ2v) is 8.65. The number of hydrogen-bond acceptors (Lipinski definition) is 7. The molecule has 0 aliphatic heterocycles. The molecular formula is C26H23N5O4S. The van der Waals surface area contributed by atoms with E-state index in [1.807, 2.05) is 6.07 Å². The van der Waals surface area contributed by atoms with E-state index in [0.29, 0.717) is 51.2 Å². The van der Waals surface area contributed by atoms with Gasteiger partial charge in [-0.2, -0.15) is 0 Å². The highest BCUT2D eigenvalue weighted by atomic mass is 32.1. The first-order valence-corrected chi connectivity index (χ1v) is 11.9. The van der Waals surface area contributed by atoms with Gasteiger partial charge in [0.15, 0.2) is 0 Å². The van der Waals surface area contributed by atoms with Crippen LogP contribution in [0.15, 0.2) is 78.9 Å². The van der Waals surface area contributed by atoms with Crippen LogP contribution in [0, 0.1) is 0 Å². The van der Waals surface area contributed by atoms with Crippen molar-refractivity contribution >= 4 is 39.9 Å². The van der Waals surface area contributed by atoms with Crippen LogP contribution in [0.2, 0.25) is 0 Å². The van der Waals surface area contributed by atoms with Crippen LogP contribution < -0.4 is 20.7 Å². The second-order valence-electron chi connectivity index (χ2n) is 7.59. The number of anilines is 2. The molecule has 0 aliphatic rings. The highest BCUT2D eigenvalue weighted by molar-refractivity contribution is 7.15. The highest BCUT2D eigenvalue weighted by Gasteiger charge is 2.12. The summed E-state index contributed by atoms with van der Waals surface area (Å²) in [5.41, 5.74) is 2.04. The number of carbonyl (C=O) groups is 3. The van der Waals surface area contributed by atoms with Gasteiger partial charge in [0, 0.05) is 35.3 Å². The fourth-order valence-electron chi connectivity index (χ4n) is 3.22. The molecule has 0 saturated heterocycles. The number of hydrogen-bond donors (Lipinski definition) is 3. The largest absolute Gasteiger partial charge is 0.497 e. The topological polar surface area (TPSA) is 122 Å². The molecule has 1 aromatic heterocycles. The molecule has 0 aliphatic carbocycles. The molecule has 0 unspecified atom stereocenters. The lowest BCUT2D eigenvalue weighted by molar-refractivity contribution is 0.0952. The van der Waals surface area contributed by atoms with Gasteiger partial charge in [-0.05, 0) is 54.6 Å². The van der Waals surface area contributed by atoms with Gasteiger partial charge in [0.25, 0.3) is 17.7 Å². The van der Waals surface area contributed by atoms with Crippen LogP contribution in [0.1, 0.15) is 36.1 Å². The molecule has 4 rings (SSSR count). The lowest BCUT2D eigenvalue weighted by Crippen LogP contribution is -2.25. The third-order valence-corrected chi connectivity index (χ3v) is 5.98. The van der Waals surface area contributed by atoms with E-state index in [2.05, 4.69) is 26.1 Å². The Hall–Kier alpha value is -4.57.